The molecule has 0 saturated heterocycles. The number of rotatable bonds is 15. The molecule has 0 aliphatic rings. The molecule has 0 atom stereocenters. The first kappa shape index (κ1) is 19.9. The van der Waals surface area contributed by atoms with E-state index in [4.69, 9.17) is 0 Å². The Labute approximate surface area is 132 Å². The van der Waals surface area contributed by atoms with E-state index >= 15 is 0 Å². The van der Waals surface area contributed by atoms with E-state index in [2.05, 4.69) is 43.4 Å². The van der Waals surface area contributed by atoms with Gasteiger partial charge in [0.2, 0.25) is 0 Å². The average molecular weight is 290 g/mol. The van der Waals surface area contributed by atoms with Gasteiger partial charge in [-0.15, -0.1) is 0 Å². The monoisotopic (exact) mass is 290 g/mol. The third-order valence-electron chi connectivity index (χ3n) is 3.46. The highest BCUT2D eigenvalue weighted by molar-refractivity contribution is 5.48. The maximum Gasteiger partial charge on any atom is 0.120 e. The van der Waals surface area contributed by atoms with Gasteiger partial charge in [-0.05, 0) is 38.5 Å². The number of allylic oxidation sites excluding steroid dienone is 6. The van der Waals surface area contributed by atoms with Crippen LogP contribution in [0.15, 0.2) is 36.5 Å². The molecule has 0 fully saturated rings. The molecule has 0 aliphatic carbocycles. The molecule has 0 saturated carbocycles. The number of unbranched alkanes of at least 4 members (excludes halogenated alkanes) is 8. The van der Waals surface area contributed by atoms with Gasteiger partial charge in [0.25, 0.3) is 0 Å². The van der Waals surface area contributed by atoms with Gasteiger partial charge in [-0.3, -0.25) is 0 Å². The Kier molecular flexibility index (Phi) is 17.9. The Hall–Kier alpha value is -1.11. The molecular formula is C20H34O. The summed E-state index contributed by atoms with van der Waals surface area (Å²) in [5.41, 5.74) is 0. The number of hydrogen-bond acceptors (Lipinski definition) is 1. The average Bonchev–Trinajstić information content (AvgIpc) is 2.50. The topological polar surface area (TPSA) is 17.1 Å². The zero-order valence-corrected chi connectivity index (χ0v) is 13.9. The fraction of sp³-hybridized carbons (Fsp3) is 0.650. The molecule has 0 aromatic rings. The molecule has 0 unspecified atom stereocenters. The summed E-state index contributed by atoms with van der Waals surface area (Å²) in [6, 6.07) is 0. The van der Waals surface area contributed by atoms with Crippen molar-refractivity contribution in [3.05, 3.63) is 36.5 Å². The molecular weight excluding hydrogens is 256 g/mol. The van der Waals surface area contributed by atoms with Crippen LogP contribution < -0.4 is 0 Å². The Morgan fingerprint density at radius 2 is 1.10 bits per heavy atom. The van der Waals surface area contributed by atoms with Crippen molar-refractivity contribution >= 4 is 6.29 Å². The highest BCUT2D eigenvalue weighted by atomic mass is 16.1. The molecule has 1 heteroatoms. The molecule has 0 bridgehead atoms. The van der Waals surface area contributed by atoms with Crippen molar-refractivity contribution in [2.45, 2.75) is 84.0 Å². The highest BCUT2D eigenvalue weighted by Gasteiger charge is 1.87. The molecule has 0 N–H and O–H groups in total. The fourth-order valence-electron chi connectivity index (χ4n) is 2.14. The van der Waals surface area contributed by atoms with Crippen molar-refractivity contribution in [3.8, 4) is 0 Å². The van der Waals surface area contributed by atoms with E-state index in [1.807, 2.05) is 0 Å². The van der Waals surface area contributed by atoms with Crippen LogP contribution in [0.4, 0.5) is 0 Å². The maximum atomic E-state index is 10.1. The van der Waals surface area contributed by atoms with Crippen LogP contribution >= 0.6 is 0 Å². The Morgan fingerprint density at radius 3 is 1.71 bits per heavy atom. The molecule has 0 rings (SSSR count). The minimum Gasteiger partial charge on any atom is -0.303 e. The summed E-state index contributed by atoms with van der Waals surface area (Å²) in [7, 11) is 0. The maximum absolute atomic E-state index is 10.1. The third kappa shape index (κ3) is 18.9. The van der Waals surface area contributed by atoms with Crippen molar-refractivity contribution < 1.29 is 4.79 Å². The van der Waals surface area contributed by atoms with Gasteiger partial charge in [0, 0.05) is 6.42 Å². The van der Waals surface area contributed by atoms with Crippen molar-refractivity contribution in [3.63, 3.8) is 0 Å². The summed E-state index contributed by atoms with van der Waals surface area (Å²) in [6.07, 6.45) is 28.6. The first-order valence-electron chi connectivity index (χ1n) is 8.80. The van der Waals surface area contributed by atoms with Crippen molar-refractivity contribution in [1.82, 2.24) is 0 Å². The molecule has 0 spiro atoms. The van der Waals surface area contributed by atoms with E-state index < -0.39 is 0 Å². The van der Waals surface area contributed by atoms with Crippen LogP contribution in [-0.2, 0) is 4.79 Å². The summed E-state index contributed by atoms with van der Waals surface area (Å²) in [5.74, 6) is 0. The fourth-order valence-corrected chi connectivity index (χ4v) is 2.14. The van der Waals surface area contributed by atoms with E-state index in [0.29, 0.717) is 6.42 Å². The molecule has 0 aliphatic heterocycles. The number of hydrogen-bond donors (Lipinski definition) is 0. The minimum absolute atomic E-state index is 0.684. The van der Waals surface area contributed by atoms with Gasteiger partial charge in [0.1, 0.15) is 6.29 Å². The SMILES string of the molecule is CCCCCCCCC=CCC=CC/C=C\CCCC=O. The largest absolute Gasteiger partial charge is 0.303 e. The van der Waals surface area contributed by atoms with Gasteiger partial charge in [-0.2, -0.15) is 0 Å². The van der Waals surface area contributed by atoms with E-state index in [1.165, 1.54) is 44.9 Å². The third-order valence-corrected chi connectivity index (χ3v) is 3.46. The second kappa shape index (κ2) is 18.9. The lowest BCUT2D eigenvalue weighted by Crippen LogP contribution is -1.77. The molecule has 0 radical (unpaired) electrons. The van der Waals surface area contributed by atoms with Crippen LogP contribution in [0.1, 0.15) is 84.0 Å². The number of carbonyl (C=O) groups excluding carboxylic acids is 1. The summed E-state index contributed by atoms with van der Waals surface area (Å²) in [4.78, 5) is 10.1. The van der Waals surface area contributed by atoms with Gasteiger partial charge < -0.3 is 4.79 Å². The van der Waals surface area contributed by atoms with Gasteiger partial charge in [0.15, 0.2) is 0 Å². The standard InChI is InChI=1S/C20H34O/c1-2-3-4-5-6-7-8-9-10-11-12-13-14-15-16-17-18-19-20-21/h9-10,12-13,15-16,20H,2-8,11,14,17-19H2,1H3/b10-9?,13-12?,16-15-. The van der Waals surface area contributed by atoms with E-state index in [9.17, 15) is 4.79 Å². The summed E-state index contributed by atoms with van der Waals surface area (Å²) < 4.78 is 0. The first-order chi connectivity index (χ1) is 10.4. The predicted molar refractivity (Wildman–Crippen MR) is 94.6 cm³/mol. The molecule has 0 aromatic heterocycles. The molecule has 21 heavy (non-hydrogen) atoms. The molecule has 0 aromatic carbocycles. The minimum atomic E-state index is 0.684. The lowest BCUT2D eigenvalue weighted by Gasteiger charge is -1.97. The molecule has 1 nitrogen and oxygen atoms in total. The Balaban J connectivity index is 3.26. The first-order valence-corrected chi connectivity index (χ1v) is 8.80. The number of aldehydes is 1. The predicted octanol–water partition coefficient (Wildman–Crippen LogP) is 6.56. The molecule has 0 amide bonds. The van der Waals surface area contributed by atoms with Crippen LogP contribution in [0.3, 0.4) is 0 Å². The zero-order chi connectivity index (χ0) is 15.4. The quantitative estimate of drug-likeness (QED) is 0.190. The van der Waals surface area contributed by atoms with Crippen LogP contribution in [0.25, 0.3) is 0 Å². The molecule has 0 heterocycles. The summed E-state index contributed by atoms with van der Waals surface area (Å²) >= 11 is 0. The second-order valence-corrected chi connectivity index (χ2v) is 5.54. The van der Waals surface area contributed by atoms with E-state index in [-0.39, 0.29) is 0 Å². The van der Waals surface area contributed by atoms with Crippen LogP contribution in [-0.4, -0.2) is 6.29 Å². The van der Waals surface area contributed by atoms with Gasteiger partial charge in [-0.1, -0.05) is 75.5 Å². The summed E-state index contributed by atoms with van der Waals surface area (Å²) in [5, 5.41) is 0. The normalized spacial score (nSPS) is 12.0. The summed E-state index contributed by atoms with van der Waals surface area (Å²) in [6.45, 7) is 2.26. The van der Waals surface area contributed by atoms with E-state index in [1.54, 1.807) is 0 Å². The van der Waals surface area contributed by atoms with Gasteiger partial charge in [0.05, 0.1) is 0 Å². The van der Waals surface area contributed by atoms with E-state index in [0.717, 1.165) is 32.0 Å². The molecule has 120 valence electrons. The van der Waals surface area contributed by atoms with Crippen molar-refractivity contribution in [2.24, 2.45) is 0 Å². The lowest BCUT2D eigenvalue weighted by atomic mass is 10.1. The van der Waals surface area contributed by atoms with Gasteiger partial charge in [-0.25, -0.2) is 0 Å². The zero-order valence-electron chi connectivity index (χ0n) is 13.9. The van der Waals surface area contributed by atoms with Crippen LogP contribution in [0, 0.1) is 0 Å². The van der Waals surface area contributed by atoms with Crippen molar-refractivity contribution in [1.29, 1.82) is 0 Å². The van der Waals surface area contributed by atoms with Crippen molar-refractivity contribution in [2.75, 3.05) is 0 Å². The Bertz CT molecular complexity index is 286. The second-order valence-electron chi connectivity index (χ2n) is 5.54. The van der Waals surface area contributed by atoms with Crippen LogP contribution in [0.2, 0.25) is 0 Å². The highest BCUT2D eigenvalue weighted by Crippen LogP contribution is 2.07. The lowest BCUT2D eigenvalue weighted by molar-refractivity contribution is -0.107. The number of carbonyl (C=O) groups is 1. The van der Waals surface area contributed by atoms with Gasteiger partial charge >= 0.3 is 0 Å². The van der Waals surface area contributed by atoms with Crippen LogP contribution in [0.5, 0.6) is 0 Å². The Morgan fingerprint density at radius 1 is 0.571 bits per heavy atom. The smallest absolute Gasteiger partial charge is 0.120 e.